The number of piperidine rings is 1. The van der Waals surface area contributed by atoms with Gasteiger partial charge in [0.2, 0.25) is 15.9 Å². The number of likely N-dealkylation sites (tertiary alicyclic amines) is 1. The van der Waals surface area contributed by atoms with Gasteiger partial charge >= 0.3 is 0 Å². The van der Waals surface area contributed by atoms with Gasteiger partial charge in [0.05, 0.1) is 4.90 Å². The number of benzene rings is 3. The molecule has 0 radical (unpaired) electrons. The highest BCUT2D eigenvalue weighted by Gasteiger charge is 2.32. The van der Waals surface area contributed by atoms with Gasteiger partial charge in [-0.05, 0) is 49.4 Å². The normalized spacial score (nSPS) is 18.2. The smallest absolute Gasteiger partial charge is 0.255 e. The Morgan fingerprint density at radius 2 is 1.69 bits per heavy atom. The summed E-state index contributed by atoms with van der Waals surface area (Å²) < 4.78 is 29.9. The van der Waals surface area contributed by atoms with E-state index in [9.17, 15) is 18.0 Å². The van der Waals surface area contributed by atoms with Crippen molar-refractivity contribution in [3.63, 3.8) is 0 Å². The molecule has 0 aliphatic carbocycles. The first-order valence-electron chi connectivity index (χ1n) is 12.4. The van der Waals surface area contributed by atoms with Crippen LogP contribution in [0.25, 0.3) is 10.8 Å². The standard InChI is InChI=1S/C28H33N3O4S/c1-4-9-27(32)31-17-16-24(20(3)18-31)30-36(34,35)26-15-14-25(22-12-7-8-13-23(22)26)29-28(33)21-11-6-5-10-19(21)2/h5-8,10-15,20,24,30H,4,9,16-18H2,1-3H3,(H,29,33)/t20-,24+/m1/s1. The number of anilines is 1. The molecule has 0 spiro atoms. The molecule has 1 aliphatic rings. The minimum atomic E-state index is -3.84. The Kier molecular flexibility index (Phi) is 7.76. The predicted molar refractivity (Wildman–Crippen MR) is 142 cm³/mol. The largest absolute Gasteiger partial charge is 0.342 e. The quantitative estimate of drug-likeness (QED) is 0.484. The molecule has 2 N–H and O–H groups in total. The minimum absolute atomic E-state index is 0.00623. The summed E-state index contributed by atoms with van der Waals surface area (Å²) in [6.07, 6.45) is 1.88. The number of carbonyl (C=O) groups excluding carboxylic acids is 2. The van der Waals surface area contributed by atoms with Crippen LogP contribution in [0.1, 0.15) is 49.0 Å². The highest BCUT2D eigenvalue weighted by molar-refractivity contribution is 7.89. The summed E-state index contributed by atoms with van der Waals surface area (Å²) in [6, 6.07) is 17.4. The zero-order valence-corrected chi connectivity index (χ0v) is 21.8. The molecule has 2 amide bonds. The molecule has 1 aliphatic heterocycles. The maximum absolute atomic E-state index is 13.5. The predicted octanol–water partition coefficient (Wildman–Crippen LogP) is 4.72. The summed E-state index contributed by atoms with van der Waals surface area (Å²) in [7, 11) is -3.84. The highest BCUT2D eigenvalue weighted by Crippen LogP contribution is 2.31. The summed E-state index contributed by atoms with van der Waals surface area (Å²) in [5.41, 5.74) is 1.98. The van der Waals surface area contributed by atoms with Crippen molar-refractivity contribution < 1.29 is 18.0 Å². The summed E-state index contributed by atoms with van der Waals surface area (Å²) in [5, 5.41) is 4.13. The van der Waals surface area contributed by atoms with E-state index in [1.807, 2.05) is 56.0 Å². The van der Waals surface area contributed by atoms with E-state index in [0.717, 1.165) is 12.0 Å². The Balaban J connectivity index is 1.57. The number of rotatable bonds is 7. The highest BCUT2D eigenvalue weighted by atomic mass is 32.2. The van der Waals surface area contributed by atoms with E-state index in [1.165, 1.54) is 0 Å². The number of fused-ring (bicyclic) bond motifs is 1. The number of carbonyl (C=O) groups is 2. The van der Waals surface area contributed by atoms with Gasteiger partial charge in [-0.2, -0.15) is 0 Å². The van der Waals surface area contributed by atoms with Gasteiger partial charge in [0.15, 0.2) is 0 Å². The van der Waals surface area contributed by atoms with Gasteiger partial charge in [0.1, 0.15) is 0 Å². The van der Waals surface area contributed by atoms with Crippen molar-refractivity contribution in [1.29, 1.82) is 0 Å². The monoisotopic (exact) mass is 507 g/mol. The number of aryl methyl sites for hydroxylation is 1. The summed E-state index contributed by atoms with van der Waals surface area (Å²) >= 11 is 0. The molecule has 4 rings (SSSR count). The molecular weight excluding hydrogens is 474 g/mol. The van der Waals surface area contributed by atoms with Crippen LogP contribution in [-0.2, 0) is 14.8 Å². The van der Waals surface area contributed by atoms with Crippen LogP contribution in [0.3, 0.4) is 0 Å². The van der Waals surface area contributed by atoms with Crippen LogP contribution < -0.4 is 10.0 Å². The first-order chi connectivity index (χ1) is 17.2. The fraction of sp³-hybridized carbons (Fsp3) is 0.357. The summed E-state index contributed by atoms with van der Waals surface area (Å²) in [5.74, 6) is -0.126. The van der Waals surface area contributed by atoms with Gasteiger partial charge in [-0.25, -0.2) is 13.1 Å². The van der Waals surface area contributed by atoms with Crippen LogP contribution in [0.2, 0.25) is 0 Å². The lowest BCUT2D eigenvalue weighted by molar-refractivity contribution is -0.133. The Morgan fingerprint density at radius 3 is 2.39 bits per heavy atom. The average Bonchev–Trinajstić information content (AvgIpc) is 2.85. The van der Waals surface area contributed by atoms with Crippen molar-refractivity contribution in [2.24, 2.45) is 5.92 Å². The number of hydrogen-bond acceptors (Lipinski definition) is 4. The van der Waals surface area contributed by atoms with Crippen molar-refractivity contribution in [2.75, 3.05) is 18.4 Å². The van der Waals surface area contributed by atoms with Crippen molar-refractivity contribution in [3.8, 4) is 0 Å². The van der Waals surface area contributed by atoms with Crippen molar-refractivity contribution in [2.45, 2.75) is 51.0 Å². The molecule has 1 saturated heterocycles. The van der Waals surface area contributed by atoms with Gasteiger partial charge in [-0.15, -0.1) is 0 Å². The topological polar surface area (TPSA) is 95.6 Å². The maximum Gasteiger partial charge on any atom is 0.255 e. The fourth-order valence-corrected chi connectivity index (χ4v) is 6.40. The Morgan fingerprint density at radius 1 is 1.00 bits per heavy atom. The maximum atomic E-state index is 13.5. The molecule has 0 bridgehead atoms. The number of hydrogen-bond donors (Lipinski definition) is 2. The molecule has 36 heavy (non-hydrogen) atoms. The summed E-state index contributed by atoms with van der Waals surface area (Å²) in [6.45, 7) is 6.91. The van der Waals surface area contributed by atoms with E-state index < -0.39 is 10.0 Å². The van der Waals surface area contributed by atoms with Crippen LogP contribution in [0.4, 0.5) is 5.69 Å². The van der Waals surface area contributed by atoms with E-state index in [-0.39, 0.29) is 28.7 Å². The van der Waals surface area contributed by atoms with E-state index >= 15 is 0 Å². The number of sulfonamides is 1. The fourth-order valence-electron chi connectivity index (χ4n) is 4.81. The first-order valence-corrected chi connectivity index (χ1v) is 13.9. The number of nitrogens with one attached hydrogen (secondary N) is 2. The third kappa shape index (κ3) is 5.44. The minimum Gasteiger partial charge on any atom is -0.342 e. The third-order valence-corrected chi connectivity index (χ3v) is 8.39. The third-order valence-electron chi connectivity index (χ3n) is 6.84. The molecule has 1 fully saturated rings. The van der Waals surface area contributed by atoms with Gasteiger partial charge in [-0.3, -0.25) is 9.59 Å². The molecule has 190 valence electrons. The molecule has 2 atom stereocenters. The molecule has 0 saturated carbocycles. The summed E-state index contributed by atoms with van der Waals surface area (Å²) in [4.78, 5) is 27.2. The lowest BCUT2D eigenvalue weighted by Gasteiger charge is -2.37. The van der Waals surface area contributed by atoms with Gasteiger partial charge in [0, 0.05) is 47.6 Å². The second-order valence-corrected chi connectivity index (χ2v) is 11.2. The van der Waals surface area contributed by atoms with Crippen LogP contribution >= 0.6 is 0 Å². The molecule has 8 heteroatoms. The molecule has 0 aromatic heterocycles. The molecule has 3 aromatic carbocycles. The average molecular weight is 508 g/mol. The Bertz CT molecular complexity index is 1390. The van der Waals surface area contributed by atoms with Crippen LogP contribution in [0, 0.1) is 12.8 Å². The van der Waals surface area contributed by atoms with Gasteiger partial charge in [-0.1, -0.05) is 56.3 Å². The van der Waals surface area contributed by atoms with Gasteiger partial charge in [0.25, 0.3) is 5.91 Å². The van der Waals surface area contributed by atoms with Gasteiger partial charge < -0.3 is 10.2 Å². The lowest BCUT2D eigenvalue weighted by atomic mass is 9.94. The zero-order chi connectivity index (χ0) is 25.9. The van der Waals surface area contributed by atoms with E-state index in [2.05, 4.69) is 10.0 Å². The molecule has 0 unspecified atom stereocenters. The van der Waals surface area contributed by atoms with Crippen molar-refractivity contribution in [1.82, 2.24) is 9.62 Å². The molecule has 3 aromatic rings. The first kappa shape index (κ1) is 25.9. The second-order valence-electron chi connectivity index (χ2n) is 9.51. The van der Waals surface area contributed by atoms with Crippen molar-refractivity contribution in [3.05, 3.63) is 71.8 Å². The van der Waals surface area contributed by atoms with E-state index in [4.69, 9.17) is 0 Å². The lowest BCUT2D eigenvalue weighted by Crippen LogP contribution is -2.51. The number of nitrogens with zero attached hydrogens (tertiary/aromatic N) is 1. The molecule has 1 heterocycles. The van der Waals surface area contributed by atoms with Crippen LogP contribution in [0.5, 0.6) is 0 Å². The van der Waals surface area contributed by atoms with E-state index in [1.54, 1.807) is 30.3 Å². The van der Waals surface area contributed by atoms with E-state index in [0.29, 0.717) is 48.0 Å². The van der Waals surface area contributed by atoms with Crippen molar-refractivity contribution >= 4 is 38.3 Å². The second kappa shape index (κ2) is 10.8. The number of amides is 2. The molecule has 7 nitrogen and oxygen atoms in total. The SMILES string of the molecule is CCCC(=O)N1CC[C@H](NS(=O)(=O)c2ccc(NC(=O)c3ccccc3C)c3ccccc23)[C@H](C)C1. The Labute approximate surface area is 212 Å². The Hall–Kier alpha value is -3.23. The van der Waals surface area contributed by atoms with Crippen LogP contribution in [0.15, 0.2) is 65.6 Å². The molecular formula is C28H33N3O4S. The zero-order valence-electron chi connectivity index (χ0n) is 21.0. The van der Waals surface area contributed by atoms with Crippen LogP contribution in [-0.4, -0.2) is 44.3 Å².